The summed E-state index contributed by atoms with van der Waals surface area (Å²) in [5, 5.41) is 0.786. The van der Waals surface area contributed by atoms with Crippen molar-refractivity contribution in [2.24, 2.45) is 11.8 Å². The minimum Gasteiger partial charge on any atom is -0.490 e. The molecule has 0 radical (unpaired) electrons. The molecule has 0 saturated heterocycles. The van der Waals surface area contributed by atoms with Crippen LogP contribution >= 0.6 is 11.6 Å². The van der Waals surface area contributed by atoms with Crippen molar-refractivity contribution in [2.75, 3.05) is 30.3 Å². The number of nitrogens with one attached hydrogen (secondary N) is 1. The number of aryl methyl sites for hydroxylation is 1. The first kappa shape index (κ1) is 25.8. The Balaban J connectivity index is 1.40. The molecule has 0 aromatic heterocycles. The predicted molar refractivity (Wildman–Crippen MR) is 157 cm³/mol. The van der Waals surface area contributed by atoms with Crippen molar-refractivity contribution in [1.29, 1.82) is 0 Å². The van der Waals surface area contributed by atoms with Crippen LogP contribution in [0.25, 0.3) is 0 Å². The van der Waals surface area contributed by atoms with E-state index in [-0.39, 0.29) is 17.1 Å². The van der Waals surface area contributed by atoms with Crippen molar-refractivity contribution in [1.82, 2.24) is 4.72 Å². The number of carbonyl (C=O) groups excluding carboxylic acids is 1. The predicted octanol–water partition coefficient (Wildman–Crippen LogP) is 5.94. The molecule has 5 nitrogen and oxygen atoms in total. The van der Waals surface area contributed by atoms with Gasteiger partial charge >= 0.3 is 0 Å². The molecule has 2 aliphatic carbocycles. The second-order valence-electron chi connectivity index (χ2n) is 11.7. The summed E-state index contributed by atoms with van der Waals surface area (Å²) in [6.45, 7) is 2.40. The Kier molecular flexibility index (Phi) is 6.98. The normalized spacial score (nSPS) is 32.1. The summed E-state index contributed by atoms with van der Waals surface area (Å²) < 4.78 is 22.2. The highest BCUT2D eigenvalue weighted by Crippen LogP contribution is 2.46. The summed E-state index contributed by atoms with van der Waals surface area (Å²) in [5.41, 5.74) is 3.99. The first-order valence-corrected chi connectivity index (χ1v) is 16.2. The number of anilines is 1. The Morgan fingerprint density at radius 2 is 1.95 bits per heavy atom. The number of amides is 1. The van der Waals surface area contributed by atoms with Crippen LogP contribution in [-0.2, 0) is 21.5 Å². The summed E-state index contributed by atoms with van der Waals surface area (Å²) in [7, 11) is -2.76. The first-order chi connectivity index (χ1) is 18.3. The molecular weight excluding hydrogens is 516 g/mol. The minimum absolute atomic E-state index is 0.133. The molecule has 1 spiro atoms. The topological polar surface area (TPSA) is 58.6 Å². The van der Waals surface area contributed by atoms with Crippen LogP contribution in [0.1, 0.15) is 66.4 Å². The van der Waals surface area contributed by atoms with Crippen LogP contribution in [0, 0.1) is 11.8 Å². The van der Waals surface area contributed by atoms with E-state index in [0.29, 0.717) is 18.1 Å². The van der Waals surface area contributed by atoms with Crippen molar-refractivity contribution in [2.45, 2.75) is 56.8 Å². The van der Waals surface area contributed by atoms with E-state index in [9.17, 15) is 9.00 Å². The summed E-state index contributed by atoms with van der Waals surface area (Å²) in [6, 6.07) is 12.0. The molecule has 2 heterocycles. The molecule has 7 heteroatoms. The van der Waals surface area contributed by atoms with Gasteiger partial charge in [-0.3, -0.25) is 9.52 Å². The van der Waals surface area contributed by atoms with Gasteiger partial charge in [0.1, 0.15) is 5.75 Å². The number of fused-ring (bicyclic) bond motifs is 4. The third-order valence-corrected chi connectivity index (χ3v) is 10.6. The van der Waals surface area contributed by atoms with Crippen LogP contribution in [0.3, 0.4) is 0 Å². The Morgan fingerprint density at radius 1 is 1.08 bits per heavy atom. The van der Waals surface area contributed by atoms with Gasteiger partial charge in [-0.2, -0.15) is 0 Å². The van der Waals surface area contributed by atoms with Crippen molar-refractivity contribution >= 4 is 38.8 Å². The number of rotatable bonds is 0. The molecule has 202 valence electrons. The molecule has 2 aromatic rings. The van der Waals surface area contributed by atoms with Gasteiger partial charge in [-0.05, 0) is 111 Å². The maximum absolute atomic E-state index is 13.2. The maximum Gasteiger partial charge on any atom is 0.262 e. The quantitative estimate of drug-likeness (QED) is 0.324. The Labute approximate surface area is 231 Å². The molecule has 2 bridgehead atoms. The third kappa shape index (κ3) is 5.10. The van der Waals surface area contributed by atoms with Gasteiger partial charge in [0, 0.05) is 29.1 Å². The van der Waals surface area contributed by atoms with Gasteiger partial charge in [0.05, 0.1) is 27.8 Å². The summed E-state index contributed by atoms with van der Waals surface area (Å²) >= 11 is 6.39. The molecule has 1 saturated carbocycles. The van der Waals surface area contributed by atoms with E-state index in [1.807, 2.05) is 24.3 Å². The SMILES string of the molecule is C=S1(=O)C/C=C\CCC[C@@H]2CC[C@H]2CN2C[C@@]3(CCCc4cc(Cl)ccc43)COc3ccc(cc32)C(=O)N1. The number of carbonyl (C=O) groups is 1. The average molecular weight is 553 g/mol. The van der Waals surface area contributed by atoms with Gasteiger partial charge in [0.15, 0.2) is 0 Å². The number of ether oxygens (including phenoxy) is 1. The molecule has 2 aromatic carbocycles. The maximum atomic E-state index is 13.2. The fourth-order valence-electron chi connectivity index (χ4n) is 6.91. The zero-order valence-corrected chi connectivity index (χ0v) is 23.5. The molecule has 6 rings (SSSR count). The fourth-order valence-corrected chi connectivity index (χ4v) is 8.09. The molecule has 38 heavy (non-hydrogen) atoms. The van der Waals surface area contributed by atoms with E-state index in [1.54, 1.807) is 6.07 Å². The monoisotopic (exact) mass is 552 g/mol. The highest BCUT2D eigenvalue weighted by atomic mass is 35.5. The number of nitrogens with zero attached hydrogens (tertiary/aromatic N) is 1. The van der Waals surface area contributed by atoms with Crippen LogP contribution in [0.4, 0.5) is 5.69 Å². The molecule has 1 unspecified atom stereocenters. The number of hydrogen-bond acceptors (Lipinski definition) is 4. The van der Waals surface area contributed by atoms with Crippen LogP contribution in [-0.4, -0.2) is 41.4 Å². The Morgan fingerprint density at radius 3 is 2.79 bits per heavy atom. The fraction of sp³-hybridized carbons (Fsp3) is 0.484. The molecular formula is C31H37ClN2O3S. The number of halogens is 1. The lowest BCUT2D eigenvalue weighted by atomic mass is 9.68. The smallest absolute Gasteiger partial charge is 0.262 e. The van der Waals surface area contributed by atoms with Gasteiger partial charge in [-0.25, -0.2) is 4.21 Å². The van der Waals surface area contributed by atoms with Crippen LogP contribution in [0.15, 0.2) is 48.6 Å². The second kappa shape index (κ2) is 10.3. The van der Waals surface area contributed by atoms with E-state index in [4.69, 9.17) is 16.3 Å². The Hall–Kier alpha value is -2.44. The van der Waals surface area contributed by atoms with Gasteiger partial charge in [-0.1, -0.05) is 29.8 Å². The zero-order valence-electron chi connectivity index (χ0n) is 21.9. The van der Waals surface area contributed by atoms with E-state index >= 15 is 0 Å². The summed E-state index contributed by atoms with van der Waals surface area (Å²) in [4.78, 5) is 15.7. The van der Waals surface area contributed by atoms with Gasteiger partial charge < -0.3 is 9.64 Å². The second-order valence-corrected chi connectivity index (χ2v) is 14.3. The third-order valence-electron chi connectivity index (χ3n) is 9.09. The standard InChI is InChI=1S/C31H37ClN2O3S/c1-38(36)16-5-3-2-4-7-22-9-10-25(22)19-34-20-31(15-6-8-23-17-26(32)12-13-27(23)31)21-37-29-14-11-24(18-28(29)34)30(35)33-38/h3,5,11-14,17-18,22,25H,1-2,4,6-10,15-16,19-21H2,(H,33,35,36)/b5-3-/t22-,25+,31+,38?/m1/s1. The highest BCUT2D eigenvalue weighted by Gasteiger charge is 2.43. The van der Waals surface area contributed by atoms with E-state index in [0.717, 1.165) is 67.6 Å². The highest BCUT2D eigenvalue weighted by molar-refractivity contribution is 7.99. The van der Waals surface area contributed by atoms with Gasteiger partial charge in [0.2, 0.25) is 0 Å². The van der Waals surface area contributed by atoms with Crippen molar-refractivity contribution in [3.8, 4) is 5.75 Å². The zero-order chi connectivity index (χ0) is 26.3. The lowest BCUT2D eigenvalue weighted by molar-refractivity contribution is 0.0982. The number of benzene rings is 2. The summed E-state index contributed by atoms with van der Waals surface area (Å²) in [5.74, 6) is 5.88. The van der Waals surface area contributed by atoms with Crippen LogP contribution in [0.5, 0.6) is 5.75 Å². The number of hydrogen-bond donors (Lipinski definition) is 1. The van der Waals surface area contributed by atoms with E-state index in [2.05, 4.69) is 33.7 Å². The minimum atomic E-state index is -2.76. The van der Waals surface area contributed by atoms with Crippen LogP contribution in [0.2, 0.25) is 5.02 Å². The molecule has 1 N–H and O–H groups in total. The number of allylic oxidation sites excluding steroid dienone is 1. The Bertz CT molecular complexity index is 1370. The van der Waals surface area contributed by atoms with E-state index in [1.165, 1.54) is 30.4 Å². The molecule has 4 aliphatic rings. The molecule has 1 fully saturated rings. The largest absolute Gasteiger partial charge is 0.490 e. The lowest BCUT2D eigenvalue weighted by Gasteiger charge is -2.44. The molecule has 2 aliphatic heterocycles. The molecule has 1 amide bonds. The summed E-state index contributed by atoms with van der Waals surface area (Å²) in [6.07, 6.45) is 13.0. The van der Waals surface area contributed by atoms with E-state index < -0.39 is 9.71 Å². The van der Waals surface area contributed by atoms with Crippen molar-refractivity contribution < 1.29 is 13.7 Å². The average Bonchev–Trinajstić information content (AvgIpc) is 3.02. The lowest BCUT2D eigenvalue weighted by Crippen LogP contribution is -2.48. The van der Waals surface area contributed by atoms with Gasteiger partial charge in [0.25, 0.3) is 5.91 Å². The van der Waals surface area contributed by atoms with Crippen molar-refractivity contribution in [3.05, 3.63) is 70.3 Å². The van der Waals surface area contributed by atoms with Crippen molar-refractivity contribution in [3.63, 3.8) is 0 Å². The first-order valence-electron chi connectivity index (χ1n) is 13.9. The van der Waals surface area contributed by atoms with Crippen LogP contribution < -0.4 is 14.4 Å². The molecule has 4 atom stereocenters. The van der Waals surface area contributed by atoms with Gasteiger partial charge in [-0.15, -0.1) is 0 Å².